The van der Waals surface area contributed by atoms with E-state index >= 15 is 0 Å². The van der Waals surface area contributed by atoms with Crippen LogP contribution in [0.15, 0.2) is 36.7 Å². The minimum absolute atomic E-state index is 0.145. The van der Waals surface area contributed by atoms with Crippen LogP contribution in [0.1, 0.15) is 12.0 Å². The Labute approximate surface area is 98.7 Å². The summed E-state index contributed by atoms with van der Waals surface area (Å²) in [6, 6.07) is 6.67. The van der Waals surface area contributed by atoms with E-state index in [0.717, 1.165) is 5.56 Å². The average molecular weight is 231 g/mol. The zero-order valence-electron chi connectivity index (χ0n) is 9.28. The van der Waals surface area contributed by atoms with Gasteiger partial charge in [0, 0.05) is 25.6 Å². The summed E-state index contributed by atoms with van der Waals surface area (Å²) in [7, 11) is 0. The van der Waals surface area contributed by atoms with Gasteiger partial charge in [-0.15, -0.1) is 5.10 Å². The summed E-state index contributed by atoms with van der Waals surface area (Å²) in [5.41, 5.74) is 0.909. The summed E-state index contributed by atoms with van der Waals surface area (Å²) in [6.07, 6.45) is 4.14. The Hall–Kier alpha value is -2.17. The van der Waals surface area contributed by atoms with Gasteiger partial charge < -0.3 is 5.11 Å². The van der Waals surface area contributed by atoms with Crippen LogP contribution in [0, 0.1) is 0 Å². The van der Waals surface area contributed by atoms with Crippen LogP contribution < -0.4 is 0 Å². The summed E-state index contributed by atoms with van der Waals surface area (Å²) in [5, 5.41) is 16.6. The fourth-order valence-corrected chi connectivity index (χ4v) is 1.52. The van der Waals surface area contributed by atoms with Crippen LogP contribution >= 0.6 is 0 Å². The Balaban J connectivity index is 1.83. The molecular formula is C12H13N3O2. The van der Waals surface area contributed by atoms with Gasteiger partial charge in [0.05, 0.1) is 6.20 Å². The number of phenols is 1. The number of aromatic nitrogens is 3. The standard InChI is InChI=1S/C12H13N3O2/c16-11-3-1-10(2-4-11)9-12(17)5-7-15-8-6-13-14-15/h1-4,6,8,16H,5,7,9H2. The molecule has 0 aliphatic rings. The minimum atomic E-state index is 0.145. The van der Waals surface area contributed by atoms with Crippen LogP contribution in [0.25, 0.3) is 0 Å². The van der Waals surface area contributed by atoms with Gasteiger partial charge in [0.25, 0.3) is 0 Å². The van der Waals surface area contributed by atoms with Crippen molar-refractivity contribution in [2.45, 2.75) is 19.4 Å². The highest BCUT2D eigenvalue weighted by Gasteiger charge is 2.04. The number of carbonyl (C=O) groups excluding carboxylic acids is 1. The number of ketones is 1. The minimum Gasteiger partial charge on any atom is -0.508 e. The van der Waals surface area contributed by atoms with E-state index in [1.807, 2.05) is 0 Å². The number of carbonyl (C=O) groups is 1. The molecule has 1 N–H and O–H groups in total. The predicted molar refractivity (Wildman–Crippen MR) is 61.5 cm³/mol. The Kier molecular flexibility index (Phi) is 3.49. The molecule has 17 heavy (non-hydrogen) atoms. The van der Waals surface area contributed by atoms with Crippen molar-refractivity contribution in [1.29, 1.82) is 0 Å². The lowest BCUT2D eigenvalue weighted by Crippen LogP contribution is -2.08. The highest BCUT2D eigenvalue weighted by molar-refractivity contribution is 5.80. The maximum absolute atomic E-state index is 11.7. The lowest BCUT2D eigenvalue weighted by molar-refractivity contribution is -0.118. The Morgan fingerprint density at radius 3 is 2.71 bits per heavy atom. The number of aryl methyl sites for hydroxylation is 1. The second-order valence-electron chi connectivity index (χ2n) is 3.80. The number of phenolic OH excluding ortho intramolecular Hbond substituents is 1. The molecule has 1 aromatic heterocycles. The third-order valence-electron chi connectivity index (χ3n) is 2.43. The van der Waals surface area contributed by atoms with E-state index in [1.54, 1.807) is 41.3 Å². The summed E-state index contributed by atoms with van der Waals surface area (Å²) in [5.74, 6) is 0.356. The highest BCUT2D eigenvalue weighted by atomic mass is 16.3. The monoisotopic (exact) mass is 231 g/mol. The van der Waals surface area contributed by atoms with Crippen LogP contribution in [-0.2, 0) is 17.8 Å². The molecule has 5 nitrogen and oxygen atoms in total. The molecule has 1 heterocycles. The first-order valence-corrected chi connectivity index (χ1v) is 5.38. The van der Waals surface area contributed by atoms with Gasteiger partial charge in [-0.05, 0) is 17.7 Å². The molecule has 0 amide bonds. The second-order valence-corrected chi connectivity index (χ2v) is 3.80. The summed E-state index contributed by atoms with van der Waals surface area (Å²) >= 11 is 0. The zero-order valence-corrected chi connectivity index (χ0v) is 9.28. The van der Waals surface area contributed by atoms with Gasteiger partial charge >= 0.3 is 0 Å². The van der Waals surface area contributed by atoms with E-state index in [9.17, 15) is 4.79 Å². The third-order valence-corrected chi connectivity index (χ3v) is 2.43. The van der Waals surface area contributed by atoms with Gasteiger partial charge in [-0.2, -0.15) is 0 Å². The summed E-state index contributed by atoms with van der Waals surface area (Å²) < 4.78 is 1.63. The number of rotatable bonds is 5. The molecule has 0 fully saturated rings. The fourth-order valence-electron chi connectivity index (χ4n) is 1.52. The molecule has 0 saturated heterocycles. The van der Waals surface area contributed by atoms with Gasteiger partial charge in [0.15, 0.2) is 0 Å². The predicted octanol–water partition coefficient (Wildman–Crippen LogP) is 1.19. The first-order chi connectivity index (χ1) is 8.24. The third kappa shape index (κ3) is 3.41. The van der Waals surface area contributed by atoms with Crippen LogP contribution in [-0.4, -0.2) is 25.9 Å². The molecule has 2 rings (SSSR count). The Bertz CT molecular complexity index is 477. The molecule has 0 bridgehead atoms. The van der Waals surface area contributed by atoms with Gasteiger partial charge in [0.2, 0.25) is 0 Å². The van der Waals surface area contributed by atoms with Gasteiger partial charge in [-0.25, -0.2) is 0 Å². The molecule has 0 aliphatic carbocycles. The zero-order chi connectivity index (χ0) is 12.1. The molecule has 0 unspecified atom stereocenters. The number of Topliss-reactive ketones (excluding diaryl/α,β-unsaturated/α-hetero) is 1. The molecule has 1 aromatic carbocycles. The maximum Gasteiger partial charge on any atom is 0.139 e. The van der Waals surface area contributed by atoms with Crippen molar-refractivity contribution in [2.24, 2.45) is 0 Å². The number of aromatic hydroxyl groups is 1. The van der Waals surface area contributed by atoms with Crippen molar-refractivity contribution >= 4 is 5.78 Å². The van der Waals surface area contributed by atoms with Gasteiger partial charge in [0.1, 0.15) is 11.5 Å². The number of benzene rings is 1. The molecular weight excluding hydrogens is 218 g/mol. The van der Waals surface area contributed by atoms with Crippen molar-refractivity contribution in [3.63, 3.8) is 0 Å². The molecule has 0 atom stereocenters. The summed E-state index contributed by atoms with van der Waals surface area (Å²) in [6.45, 7) is 0.552. The Morgan fingerprint density at radius 1 is 1.29 bits per heavy atom. The first kappa shape index (κ1) is 11.3. The van der Waals surface area contributed by atoms with Crippen LogP contribution in [0.3, 0.4) is 0 Å². The van der Waals surface area contributed by atoms with E-state index < -0.39 is 0 Å². The van der Waals surface area contributed by atoms with Gasteiger partial charge in [-0.1, -0.05) is 17.3 Å². The Morgan fingerprint density at radius 2 is 2.06 bits per heavy atom. The molecule has 0 aliphatic heterocycles. The molecule has 88 valence electrons. The van der Waals surface area contributed by atoms with Crippen molar-refractivity contribution in [1.82, 2.24) is 15.0 Å². The molecule has 0 radical (unpaired) electrons. The maximum atomic E-state index is 11.7. The van der Waals surface area contributed by atoms with E-state index in [1.165, 1.54) is 0 Å². The topological polar surface area (TPSA) is 68.0 Å². The van der Waals surface area contributed by atoms with Crippen molar-refractivity contribution in [3.8, 4) is 5.75 Å². The molecule has 0 spiro atoms. The van der Waals surface area contributed by atoms with Crippen LogP contribution in [0.5, 0.6) is 5.75 Å². The van der Waals surface area contributed by atoms with E-state index in [0.29, 0.717) is 19.4 Å². The highest BCUT2D eigenvalue weighted by Crippen LogP contribution is 2.10. The lowest BCUT2D eigenvalue weighted by Gasteiger charge is -2.02. The van der Waals surface area contributed by atoms with Crippen molar-refractivity contribution in [2.75, 3.05) is 0 Å². The van der Waals surface area contributed by atoms with Gasteiger partial charge in [-0.3, -0.25) is 9.48 Å². The number of hydrogen-bond donors (Lipinski definition) is 1. The van der Waals surface area contributed by atoms with E-state index in [4.69, 9.17) is 5.11 Å². The largest absolute Gasteiger partial charge is 0.508 e. The normalized spacial score (nSPS) is 10.4. The quantitative estimate of drug-likeness (QED) is 0.839. The van der Waals surface area contributed by atoms with Crippen molar-refractivity contribution < 1.29 is 9.90 Å². The van der Waals surface area contributed by atoms with E-state index in [-0.39, 0.29) is 11.5 Å². The molecule has 5 heteroatoms. The average Bonchev–Trinajstić information content (AvgIpc) is 2.83. The SMILES string of the molecule is O=C(CCn1ccnn1)Cc1ccc(O)cc1. The second kappa shape index (κ2) is 5.25. The van der Waals surface area contributed by atoms with Crippen LogP contribution in [0.4, 0.5) is 0 Å². The smallest absolute Gasteiger partial charge is 0.139 e. The lowest BCUT2D eigenvalue weighted by atomic mass is 10.1. The fraction of sp³-hybridized carbons (Fsp3) is 0.250. The van der Waals surface area contributed by atoms with E-state index in [2.05, 4.69) is 10.3 Å². The summed E-state index contributed by atoms with van der Waals surface area (Å²) in [4.78, 5) is 11.7. The van der Waals surface area contributed by atoms with Crippen molar-refractivity contribution in [3.05, 3.63) is 42.2 Å². The molecule has 2 aromatic rings. The number of hydrogen-bond acceptors (Lipinski definition) is 4. The molecule has 0 saturated carbocycles. The first-order valence-electron chi connectivity index (χ1n) is 5.38. The number of nitrogens with zero attached hydrogens (tertiary/aromatic N) is 3. The van der Waals surface area contributed by atoms with Crippen LogP contribution in [0.2, 0.25) is 0 Å².